The molecule has 1 aliphatic rings. The van der Waals surface area contributed by atoms with Gasteiger partial charge in [-0.3, -0.25) is 0 Å². The topological polar surface area (TPSA) is 76.3 Å². The molecule has 144 valence electrons. The quantitative estimate of drug-likeness (QED) is 0.500. The summed E-state index contributed by atoms with van der Waals surface area (Å²) in [6.07, 6.45) is 0. The number of fused-ring (bicyclic) bond motifs is 2. The van der Waals surface area contributed by atoms with Crippen molar-refractivity contribution in [2.75, 3.05) is 5.32 Å². The molecule has 0 amide bonds. The fraction of sp³-hybridized carbons (Fsp3) is 0.0800. The van der Waals surface area contributed by atoms with Crippen LogP contribution >= 0.6 is 0 Å². The standard InChI is InChI=1S/C25H19N5/c1-15-7-10-17(11-8-15)27-23-18-13-16(2)9-12-20(18)28-24(23)19(14-26)25-29-21-5-3-4-6-22(21)30-25/h3-13,27-28H,1-2H3. The highest BCUT2D eigenvalue weighted by Crippen LogP contribution is 2.36. The van der Waals surface area contributed by atoms with Gasteiger partial charge in [-0.15, -0.1) is 0 Å². The number of para-hydroxylation sites is 2. The van der Waals surface area contributed by atoms with Crippen molar-refractivity contribution in [2.45, 2.75) is 13.8 Å². The van der Waals surface area contributed by atoms with Crippen molar-refractivity contribution in [3.8, 4) is 6.07 Å². The van der Waals surface area contributed by atoms with E-state index in [-0.39, 0.29) is 0 Å². The lowest BCUT2D eigenvalue weighted by molar-refractivity contribution is 1.22. The van der Waals surface area contributed by atoms with Crippen LogP contribution in [0.25, 0.3) is 16.5 Å². The lowest BCUT2D eigenvalue weighted by atomic mass is 10.1. The Balaban J connectivity index is 1.74. The molecule has 0 spiro atoms. The number of nitriles is 1. The second-order valence-electron chi connectivity index (χ2n) is 7.44. The van der Waals surface area contributed by atoms with Gasteiger partial charge in [-0.25, -0.2) is 9.98 Å². The molecule has 0 bridgehead atoms. The Hall–Kier alpha value is -4.17. The second-order valence-corrected chi connectivity index (χ2v) is 7.44. The number of rotatable bonds is 3. The van der Waals surface area contributed by atoms with E-state index in [1.54, 1.807) is 0 Å². The molecule has 1 aromatic heterocycles. The Morgan fingerprint density at radius 2 is 1.57 bits per heavy atom. The maximum absolute atomic E-state index is 10.0. The SMILES string of the molecule is Cc1ccc(Nc2c(C(C#N)=C3N=c4ccccc4=N3)[nH]c3ccc(C)cc23)cc1. The molecule has 5 heteroatoms. The van der Waals surface area contributed by atoms with Crippen molar-refractivity contribution in [1.29, 1.82) is 5.26 Å². The number of hydrogen-bond acceptors (Lipinski definition) is 4. The molecule has 0 unspecified atom stereocenters. The zero-order chi connectivity index (χ0) is 20.7. The highest BCUT2D eigenvalue weighted by atomic mass is 15.0. The monoisotopic (exact) mass is 389 g/mol. The molecule has 0 atom stereocenters. The highest BCUT2D eigenvalue weighted by molar-refractivity contribution is 6.03. The van der Waals surface area contributed by atoms with Gasteiger partial charge in [-0.2, -0.15) is 5.26 Å². The summed E-state index contributed by atoms with van der Waals surface area (Å²) >= 11 is 0. The Morgan fingerprint density at radius 3 is 2.23 bits per heavy atom. The summed E-state index contributed by atoms with van der Waals surface area (Å²) < 4.78 is 0. The molecule has 30 heavy (non-hydrogen) atoms. The number of aromatic amines is 1. The van der Waals surface area contributed by atoms with Gasteiger partial charge >= 0.3 is 0 Å². The number of H-pyrrole nitrogens is 1. The van der Waals surface area contributed by atoms with Crippen LogP contribution in [-0.2, 0) is 0 Å². The summed E-state index contributed by atoms with van der Waals surface area (Å²) in [7, 11) is 0. The van der Waals surface area contributed by atoms with Gasteiger partial charge in [0.2, 0.25) is 0 Å². The minimum Gasteiger partial charge on any atom is -0.353 e. The Bertz CT molecular complexity index is 1440. The number of aromatic nitrogens is 1. The molecule has 0 saturated heterocycles. The summed E-state index contributed by atoms with van der Waals surface area (Å²) in [5.41, 5.74) is 6.20. The molecule has 0 fully saturated rings. The van der Waals surface area contributed by atoms with E-state index >= 15 is 0 Å². The van der Waals surface area contributed by atoms with Crippen molar-refractivity contribution in [2.24, 2.45) is 9.98 Å². The number of anilines is 2. The van der Waals surface area contributed by atoms with Gasteiger partial charge in [0.05, 0.1) is 22.1 Å². The van der Waals surface area contributed by atoms with E-state index < -0.39 is 0 Å². The first-order valence-corrected chi connectivity index (χ1v) is 9.75. The number of hydrogen-bond donors (Lipinski definition) is 2. The first kappa shape index (κ1) is 17.9. The number of aryl methyl sites for hydroxylation is 2. The Labute approximate surface area is 173 Å². The van der Waals surface area contributed by atoms with Gasteiger partial charge in [0, 0.05) is 16.6 Å². The van der Waals surface area contributed by atoms with Crippen LogP contribution in [0.4, 0.5) is 11.4 Å². The molecule has 2 heterocycles. The molecular formula is C25H19N5. The fourth-order valence-electron chi connectivity index (χ4n) is 3.64. The van der Waals surface area contributed by atoms with Crippen LogP contribution in [0.3, 0.4) is 0 Å². The molecule has 0 radical (unpaired) electrons. The minimum absolute atomic E-state index is 0.412. The van der Waals surface area contributed by atoms with Crippen LogP contribution in [0.1, 0.15) is 16.8 Å². The van der Waals surface area contributed by atoms with E-state index in [1.165, 1.54) is 5.56 Å². The molecule has 2 N–H and O–H groups in total. The zero-order valence-electron chi connectivity index (χ0n) is 16.7. The van der Waals surface area contributed by atoms with Crippen LogP contribution < -0.4 is 16.0 Å². The van der Waals surface area contributed by atoms with Crippen molar-refractivity contribution < 1.29 is 0 Å². The largest absolute Gasteiger partial charge is 0.353 e. The van der Waals surface area contributed by atoms with Gasteiger partial charge in [-0.05, 0) is 50.2 Å². The maximum Gasteiger partial charge on any atom is 0.173 e. The third-order valence-electron chi connectivity index (χ3n) is 5.19. The Kier molecular flexibility index (Phi) is 4.19. The van der Waals surface area contributed by atoms with Crippen molar-refractivity contribution in [3.05, 3.63) is 100 Å². The molecular weight excluding hydrogens is 370 g/mol. The number of benzene rings is 3. The normalized spacial score (nSPS) is 12.1. The van der Waals surface area contributed by atoms with Crippen molar-refractivity contribution in [3.63, 3.8) is 0 Å². The first-order chi connectivity index (χ1) is 14.6. The van der Waals surface area contributed by atoms with Crippen LogP contribution in [0.15, 0.2) is 82.5 Å². The molecule has 1 aliphatic heterocycles. The molecule has 3 aromatic carbocycles. The van der Waals surface area contributed by atoms with Crippen LogP contribution in [-0.4, -0.2) is 4.98 Å². The molecule has 5 rings (SSSR count). The van der Waals surface area contributed by atoms with Crippen molar-refractivity contribution >= 4 is 27.9 Å². The molecule has 0 saturated carbocycles. The van der Waals surface area contributed by atoms with Crippen molar-refractivity contribution in [1.82, 2.24) is 4.98 Å². The van der Waals surface area contributed by atoms with Gasteiger partial charge in [0.1, 0.15) is 11.6 Å². The molecule has 4 aromatic rings. The summed E-state index contributed by atoms with van der Waals surface area (Å²) in [6, 6.07) is 24.4. The average molecular weight is 389 g/mol. The van der Waals surface area contributed by atoms with Gasteiger partial charge < -0.3 is 10.3 Å². The third-order valence-corrected chi connectivity index (χ3v) is 5.19. The van der Waals surface area contributed by atoms with Crippen LogP contribution in [0.5, 0.6) is 0 Å². The smallest absolute Gasteiger partial charge is 0.173 e. The Morgan fingerprint density at radius 1 is 0.900 bits per heavy atom. The zero-order valence-corrected chi connectivity index (χ0v) is 16.7. The molecule has 0 aliphatic carbocycles. The average Bonchev–Trinajstić information content (AvgIpc) is 3.32. The van der Waals surface area contributed by atoms with E-state index in [0.29, 0.717) is 17.1 Å². The lowest BCUT2D eigenvalue weighted by Gasteiger charge is -2.09. The summed E-state index contributed by atoms with van der Waals surface area (Å²) in [5, 5.41) is 16.1. The molecule has 5 nitrogen and oxygen atoms in total. The van der Waals surface area contributed by atoms with Gasteiger partial charge in [0.15, 0.2) is 5.82 Å². The number of allylic oxidation sites excluding steroid dienone is 1. The van der Waals surface area contributed by atoms with Gasteiger partial charge in [0.25, 0.3) is 0 Å². The predicted molar refractivity (Wildman–Crippen MR) is 119 cm³/mol. The number of nitrogens with zero attached hydrogens (tertiary/aromatic N) is 3. The van der Waals surface area contributed by atoms with E-state index in [2.05, 4.69) is 64.5 Å². The maximum atomic E-state index is 10.0. The fourth-order valence-corrected chi connectivity index (χ4v) is 3.64. The van der Waals surface area contributed by atoms with Crippen LogP contribution in [0, 0.1) is 25.2 Å². The van der Waals surface area contributed by atoms with Crippen LogP contribution in [0.2, 0.25) is 0 Å². The summed E-state index contributed by atoms with van der Waals surface area (Å²) in [5.74, 6) is 0.425. The summed E-state index contributed by atoms with van der Waals surface area (Å²) in [4.78, 5) is 12.6. The van der Waals surface area contributed by atoms with E-state index in [1.807, 2.05) is 42.5 Å². The van der Waals surface area contributed by atoms with E-state index in [4.69, 9.17) is 0 Å². The predicted octanol–water partition coefficient (Wildman–Crippen LogP) is 4.67. The third kappa shape index (κ3) is 3.05. The highest BCUT2D eigenvalue weighted by Gasteiger charge is 2.20. The minimum atomic E-state index is 0.412. The van der Waals surface area contributed by atoms with E-state index in [9.17, 15) is 5.26 Å². The second kappa shape index (κ2) is 7.02. The van der Waals surface area contributed by atoms with E-state index in [0.717, 1.165) is 38.6 Å². The first-order valence-electron chi connectivity index (χ1n) is 9.75. The number of nitrogens with one attached hydrogen (secondary N) is 2. The summed E-state index contributed by atoms with van der Waals surface area (Å²) in [6.45, 7) is 4.12. The lowest BCUT2D eigenvalue weighted by Crippen LogP contribution is -2.19. The van der Waals surface area contributed by atoms with Gasteiger partial charge in [-0.1, -0.05) is 41.5 Å².